The van der Waals surface area contributed by atoms with Crippen LogP contribution in [0.1, 0.15) is 25.3 Å². The molecule has 3 nitrogen and oxygen atoms in total. The van der Waals surface area contributed by atoms with E-state index in [0.29, 0.717) is 12.3 Å². The average molecular weight is 246 g/mol. The predicted octanol–water partition coefficient (Wildman–Crippen LogP) is 1.81. The van der Waals surface area contributed by atoms with E-state index in [1.807, 2.05) is 35.2 Å². The molecule has 1 heterocycles. The van der Waals surface area contributed by atoms with Crippen LogP contribution in [0.5, 0.6) is 0 Å². The number of benzene rings is 1. The Kier molecular flexibility index (Phi) is 4.37. The van der Waals surface area contributed by atoms with Crippen LogP contribution in [0.4, 0.5) is 0 Å². The zero-order valence-electron chi connectivity index (χ0n) is 11.0. The van der Waals surface area contributed by atoms with E-state index in [1.54, 1.807) is 0 Å². The number of likely N-dealkylation sites (tertiary alicyclic amines) is 1. The van der Waals surface area contributed by atoms with Gasteiger partial charge in [0.15, 0.2) is 0 Å². The third kappa shape index (κ3) is 3.33. The number of carbonyl (C=O) groups excluding carboxylic acids is 1. The van der Waals surface area contributed by atoms with Gasteiger partial charge in [0.05, 0.1) is 6.04 Å². The first-order chi connectivity index (χ1) is 8.66. The summed E-state index contributed by atoms with van der Waals surface area (Å²) in [6.45, 7) is 3.93. The summed E-state index contributed by atoms with van der Waals surface area (Å²) in [7, 11) is 0. The van der Waals surface area contributed by atoms with Gasteiger partial charge in [0.25, 0.3) is 0 Å². The molecule has 0 aromatic heterocycles. The van der Waals surface area contributed by atoms with E-state index in [1.165, 1.54) is 6.42 Å². The molecular weight excluding hydrogens is 224 g/mol. The highest BCUT2D eigenvalue weighted by molar-refractivity contribution is 5.82. The van der Waals surface area contributed by atoms with Crippen LogP contribution in [0, 0.1) is 5.92 Å². The molecule has 1 saturated heterocycles. The second-order valence-corrected chi connectivity index (χ2v) is 5.33. The number of amides is 1. The molecule has 2 rings (SSSR count). The van der Waals surface area contributed by atoms with Crippen LogP contribution in [0.2, 0.25) is 0 Å². The van der Waals surface area contributed by atoms with Crippen LogP contribution in [0.3, 0.4) is 0 Å². The summed E-state index contributed by atoms with van der Waals surface area (Å²) in [5, 5.41) is 0. The average Bonchev–Trinajstić information content (AvgIpc) is 2.39. The zero-order valence-corrected chi connectivity index (χ0v) is 11.0. The highest BCUT2D eigenvalue weighted by atomic mass is 16.2. The van der Waals surface area contributed by atoms with E-state index >= 15 is 0 Å². The van der Waals surface area contributed by atoms with E-state index in [2.05, 4.69) is 6.92 Å². The fraction of sp³-hybridized carbons (Fsp3) is 0.533. The molecule has 0 unspecified atom stereocenters. The van der Waals surface area contributed by atoms with Crippen LogP contribution in [0.25, 0.3) is 0 Å². The third-order valence-electron chi connectivity index (χ3n) is 3.58. The van der Waals surface area contributed by atoms with Gasteiger partial charge in [-0.05, 0) is 30.7 Å². The third-order valence-corrected chi connectivity index (χ3v) is 3.58. The number of hydrogen-bond acceptors (Lipinski definition) is 2. The molecule has 3 heteroatoms. The molecule has 0 radical (unpaired) electrons. The summed E-state index contributed by atoms with van der Waals surface area (Å²) in [6.07, 6.45) is 2.95. The van der Waals surface area contributed by atoms with Crippen molar-refractivity contribution in [1.82, 2.24) is 4.90 Å². The minimum Gasteiger partial charge on any atom is -0.341 e. The minimum atomic E-state index is -0.405. The Morgan fingerprint density at radius 3 is 2.83 bits per heavy atom. The van der Waals surface area contributed by atoms with Gasteiger partial charge in [-0.15, -0.1) is 0 Å². The topological polar surface area (TPSA) is 46.3 Å². The predicted molar refractivity (Wildman–Crippen MR) is 73.1 cm³/mol. The molecule has 0 saturated carbocycles. The first-order valence-electron chi connectivity index (χ1n) is 6.75. The Morgan fingerprint density at radius 2 is 2.17 bits per heavy atom. The van der Waals surface area contributed by atoms with E-state index in [9.17, 15) is 4.79 Å². The van der Waals surface area contributed by atoms with Gasteiger partial charge in [-0.2, -0.15) is 0 Å². The molecule has 98 valence electrons. The van der Waals surface area contributed by atoms with E-state index in [0.717, 1.165) is 25.1 Å². The molecule has 1 amide bonds. The normalized spacial score (nSPS) is 21.7. The molecule has 1 aliphatic rings. The molecule has 0 spiro atoms. The first-order valence-corrected chi connectivity index (χ1v) is 6.75. The fourth-order valence-corrected chi connectivity index (χ4v) is 2.58. The SMILES string of the molecule is C[C@@H]1CCCN(C(=O)[C@H](N)Cc2ccccc2)C1. The lowest BCUT2D eigenvalue weighted by Gasteiger charge is -2.32. The van der Waals surface area contributed by atoms with Gasteiger partial charge in [-0.1, -0.05) is 37.3 Å². The number of rotatable bonds is 3. The Bertz CT molecular complexity index is 391. The molecule has 2 N–H and O–H groups in total. The van der Waals surface area contributed by atoms with Gasteiger partial charge in [0.2, 0.25) is 5.91 Å². The maximum Gasteiger partial charge on any atom is 0.239 e. The quantitative estimate of drug-likeness (QED) is 0.884. The molecule has 0 aliphatic carbocycles. The zero-order chi connectivity index (χ0) is 13.0. The Hall–Kier alpha value is -1.35. The molecule has 2 atom stereocenters. The van der Waals surface area contributed by atoms with E-state index < -0.39 is 6.04 Å². The van der Waals surface area contributed by atoms with Crippen LogP contribution >= 0.6 is 0 Å². The number of carbonyl (C=O) groups is 1. The number of nitrogens with zero attached hydrogens (tertiary/aromatic N) is 1. The lowest BCUT2D eigenvalue weighted by Crippen LogP contribution is -2.48. The molecule has 1 fully saturated rings. The van der Waals surface area contributed by atoms with Gasteiger partial charge < -0.3 is 10.6 Å². The van der Waals surface area contributed by atoms with Gasteiger partial charge in [0, 0.05) is 13.1 Å². The van der Waals surface area contributed by atoms with Crippen LogP contribution < -0.4 is 5.73 Å². The minimum absolute atomic E-state index is 0.102. The molecule has 0 bridgehead atoms. The Balaban J connectivity index is 1.92. The van der Waals surface area contributed by atoms with Crippen molar-refractivity contribution in [1.29, 1.82) is 0 Å². The maximum atomic E-state index is 12.2. The summed E-state index contributed by atoms with van der Waals surface area (Å²) in [4.78, 5) is 14.2. The van der Waals surface area contributed by atoms with Crippen molar-refractivity contribution in [3.05, 3.63) is 35.9 Å². The van der Waals surface area contributed by atoms with Crippen molar-refractivity contribution < 1.29 is 4.79 Å². The summed E-state index contributed by atoms with van der Waals surface area (Å²) in [6, 6.07) is 9.57. The smallest absolute Gasteiger partial charge is 0.239 e. The van der Waals surface area contributed by atoms with Gasteiger partial charge in [-0.3, -0.25) is 4.79 Å². The Morgan fingerprint density at radius 1 is 1.44 bits per heavy atom. The van der Waals surface area contributed by atoms with Gasteiger partial charge in [-0.25, -0.2) is 0 Å². The number of hydrogen-bond donors (Lipinski definition) is 1. The first kappa shape index (κ1) is 13.1. The lowest BCUT2D eigenvalue weighted by atomic mass is 9.98. The summed E-state index contributed by atoms with van der Waals surface area (Å²) in [5.74, 6) is 0.706. The van der Waals surface area contributed by atoms with Crippen LogP contribution in [-0.4, -0.2) is 29.9 Å². The molecule has 1 aromatic rings. The molecule has 1 aromatic carbocycles. The van der Waals surface area contributed by atoms with Gasteiger partial charge >= 0.3 is 0 Å². The molecule has 18 heavy (non-hydrogen) atoms. The monoisotopic (exact) mass is 246 g/mol. The second kappa shape index (κ2) is 6.01. The highest BCUT2D eigenvalue weighted by Gasteiger charge is 2.25. The maximum absolute atomic E-state index is 12.2. The van der Waals surface area contributed by atoms with Crippen molar-refractivity contribution in [2.24, 2.45) is 11.7 Å². The largest absolute Gasteiger partial charge is 0.341 e. The molecule has 1 aliphatic heterocycles. The fourth-order valence-electron chi connectivity index (χ4n) is 2.58. The van der Waals surface area contributed by atoms with Crippen molar-refractivity contribution >= 4 is 5.91 Å². The van der Waals surface area contributed by atoms with Crippen molar-refractivity contribution in [3.8, 4) is 0 Å². The standard InChI is InChI=1S/C15H22N2O/c1-12-6-5-9-17(11-12)15(18)14(16)10-13-7-3-2-4-8-13/h2-4,7-8,12,14H,5-6,9-11,16H2,1H3/t12-,14-/m1/s1. The van der Waals surface area contributed by atoms with Crippen molar-refractivity contribution in [2.45, 2.75) is 32.2 Å². The Labute approximate surface area is 109 Å². The van der Waals surface area contributed by atoms with E-state index in [-0.39, 0.29) is 5.91 Å². The summed E-state index contributed by atoms with van der Waals surface area (Å²) >= 11 is 0. The number of nitrogens with two attached hydrogens (primary N) is 1. The van der Waals surface area contributed by atoms with Crippen molar-refractivity contribution in [2.75, 3.05) is 13.1 Å². The van der Waals surface area contributed by atoms with Gasteiger partial charge in [0.1, 0.15) is 0 Å². The summed E-state index contributed by atoms with van der Waals surface area (Å²) in [5.41, 5.74) is 7.16. The molecular formula is C15H22N2O. The van der Waals surface area contributed by atoms with Crippen LogP contribution in [0.15, 0.2) is 30.3 Å². The van der Waals surface area contributed by atoms with Crippen molar-refractivity contribution in [3.63, 3.8) is 0 Å². The van der Waals surface area contributed by atoms with E-state index in [4.69, 9.17) is 5.73 Å². The highest BCUT2D eigenvalue weighted by Crippen LogP contribution is 2.16. The lowest BCUT2D eigenvalue weighted by molar-refractivity contribution is -0.134. The number of piperidine rings is 1. The summed E-state index contributed by atoms with van der Waals surface area (Å²) < 4.78 is 0. The second-order valence-electron chi connectivity index (χ2n) is 5.33. The van der Waals surface area contributed by atoms with Crippen LogP contribution in [-0.2, 0) is 11.2 Å².